The number of hydrogen-bond donors (Lipinski definition) is 2. The van der Waals surface area contributed by atoms with Gasteiger partial charge in [-0.1, -0.05) is 19.1 Å². The van der Waals surface area contributed by atoms with Crippen LogP contribution in [-0.2, 0) is 4.79 Å². The molecule has 4 nitrogen and oxygen atoms in total. The Hall–Kier alpha value is -0.680. The van der Waals surface area contributed by atoms with Crippen molar-refractivity contribution in [3.8, 4) is 0 Å². The summed E-state index contributed by atoms with van der Waals surface area (Å²) in [5, 5.41) is 0. The van der Waals surface area contributed by atoms with Crippen LogP contribution in [0.15, 0.2) is 0 Å². The Morgan fingerprint density at radius 2 is 2.29 bits per heavy atom. The van der Waals surface area contributed by atoms with Crippen LogP contribution in [0, 0.1) is 0 Å². The minimum atomic E-state index is -0.266. The van der Waals surface area contributed by atoms with E-state index in [1.165, 1.54) is 0 Å². The highest BCUT2D eigenvalue weighted by atomic mass is 32.1. The minimum absolute atomic E-state index is 0.0185. The van der Waals surface area contributed by atoms with Gasteiger partial charge in [-0.15, -0.1) is 0 Å². The van der Waals surface area contributed by atoms with Crippen molar-refractivity contribution in [1.82, 2.24) is 4.90 Å². The smallest absolute Gasteiger partial charge is 0.234 e. The summed E-state index contributed by atoms with van der Waals surface area (Å²) >= 11 is 4.98. The second-order valence-electron chi connectivity index (χ2n) is 3.62. The monoisotopic (exact) mass is 215 g/mol. The minimum Gasteiger partial charge on any atom is -0.392 e. The van der Waals surface area contributed by atoms with Crippen LogP contribution in [0.4, 0.5) is 0 Å². The van der Waals surface area contributed by atoms with Crippen molar-refractivity contribution >= 4 is 23.1 Å². The van der Waals surface area contributed by atoms with Gasteiger partial charge in [-0.3, -0.25) is 9.69 Å². The van der Waals surface area contributed by atoms with Gasteiger partial charge in [0.25, 0.3) is 0 Å². The molecule has 0 aromatic heterocycles. The number of thiocarbonyl (C=S) groups is 1. The van der Waals surface area contributed by atoms with Crippen molar-refractivity contribution in [2.75, 3.05) is 6.54 Å². The average molecular weight is 215 g/mol. The maximum Gasteiger partial charge on any atom is 0.234 e. The summed E-state index contributed by atoms with van der Waals surface area (Å²) in [6, 6.07) is -0.161. The van der Waals surface area contributed by atoms with E-state index in [-0.39, 0.29) is 18.0 Å². The molecule has 1 saturated heterocycles. The van der Waals surface area contributed by atoms with E-state index in [9.17, 15) is 4.79 Å². The molecule has 0 radical (unpaired) electrons. The first-order chi connectivity index (χ1) is 6.57. The molecular weight excluding hydrogens is 198 g/mol. The molecule has 0 aromatic carbocycles. The predicted molar refractivity (Wildman–Crippen MR) is 59.8 cm³/mol. The molecule has 1 rings (SSSR count). The first-order valence-electron chi connectivity index (χ1n) is 4.92. The molecule has 0 saturated carbocycles. The molecule has 4 N–H and O–H groups in total. The molecule has 5 heteroatoms. The van der Waals surface area contributed by atoms with Crippen LogP contribution in [0.1, 0.15) is 26.2 Å². The van der Waals surface area contributed by atoms with Crippen molar-refractivity contribution in [3.05, 3.63) is 0 Å². The number of rotatable bonds is 4. The Morgan fingerprint density at radius 3 is 2.71 bits per heavy atom. The van der Waals surface area contributed by atoms with Crippen LogP contribution in [0.3, 0.4) is 0 Å². The average Bonchev–Trinajstić information content (AvgIpc) is 2.53. The SMILES string of the molecule is CCC(C(N)=S)N1CCCC1C(N)=O. The van der Waals surface area contributed by atoms with E-state index in [1.54, 1.807) is 0 Å². The summed E-state index contributed by atoms with van der Waals surface area (Å²) in [5.41, 5.74) is 10.9. The van der Waals surface area contributed by atoms with E-state index in [2.05, 4.69) is 0 Å². The van der Waals surface area contributed by atoms with E-state index in [0.29, 0.717) is 4.99 Å². The Labute approximate surface area is 89.6 Å². The zero-order valence-corrected chi connectivity index (χ0v) is 9.22. The summed E-state index contributed by atoms with van der Waals surface area (Å²) in [6.45, 7) is 2.88. The number of nitrogens with zero attached hydrogens (tertiary/aromatic N) is 1. The summed E-state index contributed by atoms with van der Waals surface area (Å²) < 4.78 is 0. The zero-order chi connectivity index (χ0) is 10.7. The van der Waals surface area contributed by atoms with E-state index in [0.717, 1.165) is 25.8 Å². The molecular formula is C9H17N3OS. The van der Waals surface area contributed by atoms with Gasteiger partial charge in [-0.2, -0.15) is 0 Å². The molecule has 2 unspecified atom stereocenters. The van der Waals surface area contributed by atoms with Gasteiger partial charge in [0.05, 0.1) is 17.1 Å². The number of hydrogen-bond acceptors (Lipinski definition) is 3. The lowest BCUT2D eigenvalue weighted by atomic mass is 10.1. The molecule has 1 fully saturated rings. The number of nitrogens with two attached hydrogens (primary N) is 2. The Kier molecular flexibility index (Phi) is 3.83. The first kappa shape index (κ1) is 11.4. The Bertz CT molecular complexity index is 244. The van der Waals surface area contributed by atoms with Gasteiger partial charge in [0.1, 0.15) is 0 Å². The van der Waals surface area contributed by atoms with Gasteiger partial charge in [-0.05, 0) is 25.8 Å². The Balaban J connectivity index is 2.74. The lowest BCUT2D eigenvalue weighted by Crippen LogP contribution is -2.50. The lowest BCUT2D eigenvalue weighted by Gasteiger charge is -2.29. The summed E-state index contributed by atoms with van der Waals surface area (Å²) in [5.74, 6) is -0.266. The first-order valence-corrected chi connectivity index (χ1v) is 5.33. The van der Waals surface area contributed by atoms with Gasteiger partial charge in [0.2, 0.25) is 5.91 Å². The number of carbonyl (C=O) groups is 1. The third-order valence-electron chi connectivity index (χ3n) is 2.74. The highest BCUT2D eigenvalue weighted by Gasteiger charge is 2.34. The molecule has 1 aliphatic rings. The molecule has 1 aliphatic heterocycles. The highest BCUT2D eigenvalue weighted by Crippen LogP contribution is 2.21. The molecule has 80 valence electrons. The molecule has 14 heavy (non-hydrogen) atoms. The van der Waals surface area contributed by atoms with E-state index >= 15 is 0 Å². The van der Waals surface area contributed by atoms with Crippen LogP contribution >= 0.6 is 12.2 Å². The third-order valence-corrected chi connectivity index (χ3v) is 3.01. The van der Waals surface area contributed by atoms with Crippen molar-refractivity contribution in [2.45, 2.75) is 38.3 Å². The van der Waals surface area contributed by atoms with Crippen LogP contribution in [-0.4, -0.2) is 34.4 Å². The fourth-order valence-corrected chi connectivity index (χ4v) is 2.37. The second kappa shape index (κ2) is 4.70. The normalized spacial score (nSPS) is 24.8. The largest absolute Gasteiger partial charge is 0.392 e. The highest BCUT2D eigenvalue weighted by molar-refractivity contribution is 7.80. The second-order valence-corrected chi connectivity index (χ2v) is 4.10. The lowest BCUT2D eigenvalue weighted by molar-refractivity contribution is -0.122. The van der Waals surface area contributed by atoms with Gasteiger partial charge in [0, 0.05) is 0 Å². The number of carbonyl (C=O) groups excluding carboxylic acids is 1. The van der Waals surface area contributed by atoms with E-state index < -0.39 is 0 Å². The molecule has 0 aliphatic carbocycles. The standard InChI is InChI=1S/C9H17N3OS/c1-2-6(9(11)14)12-5-3-4-7(12)8(10)13/h6-7H,2-5H2,1H3,(H2,10,13)(H2,11,14). The quantitative estimate of drug-likeness (QED) is 0.648. The molecule has 0 spiro atoms. The number of amides is 1. The molecule has 0 bridgehead atoms. The van der Waals surface area contributed by atoms with Crippen LogP contribution in [0.25, 0.3) is 0 Å². The topological polar surface area (TPSA) is 72.3 Å². The molecule has 1 heterocycles. The van der Waals surface area contributed by atoms with Gasteiger partial charge in [0.15, 0.2) is 0 Å². The maximum atomic E-state index is 11.2. The Morgan fingerprint density at radius 1 is 1.64 bits per heavy atom. The molecule has 1 amide bonds. The van der Waals surface area contributed by atoms with Crippen molar-refractivity contribution in [2.24, 2.45) is 11.5 Å². The van der Waals surface area contributed by atoms with Crippen LogP contribution in [0.2, 0.25) is 0 Å². The van der Waals surface area contributed by atoms with Crippen molar-refractivity contribution < 1.29 is 4.79 Å². The number of likely N-dealkylation sites (tertiary alicyclic amines) is 1. The van der Waals surface area contributed by atoms with E-state index in [1.807, 2.05) is 11.8 Å². The van der Waals surface area contributed by atoms with E-state index in [4.69, 9.17) is 23.7 Å². The summed E-state index contributed by atoms with van der Waals surface area (Å²) in [7, 11) is 0. The fraction of sp³-hybridized carbons (Fsp3) is 0.778. The van der Waals surface area contributed by atoms with Gasteiger partial charge >= 0.3 is 0 Å². The summed E-state index contributed by atoms with van der Waals surface area (Å²) in [6.07, 6.45) is 2.65. The van der Waals surface area contributed by atoms with Gasteiger partial charge in [-0.25, -0.2) is 0 Å². The zero-order valence-electron chi connectivity index (χ0n) is 8.40. The van der Waals surface area contributed by atoms with Crippen LogP contribution in [0.5, 0.6) is 0 Å². The fourth-order valence-electron chi connectivity index (χ4n) is 2.07. The molecule has 0 aromatic rings. The number of primary amides is 1. The van der Waals surface area contributed by atoms with Crippen molar-refractivity contribution in [1.29, 1.82) is 0 Å². The molecule has 2 atom stereocenters. The predicted octanol–water partition coefficient (Wildman–Crippen LogP) is 0.000800. The third kappa shape index (κ3) is 2.22. The van der Waals surface area contributed by atoms with Crippen molar-refractivity contribution in [3.63, 3.8) is 0 Å². The van der Waals surface area contributed by atoms with Crippen LogP contribution < -0.4 is 11.5 Å². The maximum absolute atomic E-state index is 11.2. The summed E-state index contributed by atoms with van der Waals surface area (Å²) in [4.78, 5) is 13.6. The van der Waals surface area contributed by atoms with Gasteiger partial charge < -0.3 is 11.5 Å².